The fourth-order valence-corrected chi connectivity index (χ4v) is 2.73. The average Bonchev–Trinajstić information content (AvgIpc) is 3.39. The Bertz CT molecular complexity index is 962. The van der Waals surface area contributed by atoms with Gasteiger partial charge in [0.15, 0.2) is 5.82 Å². The first kappa shape index (κ1) is 16.1. The molecule has 2 heterocycles. The van der Waals surface area contributed by atoms with Crippen LogP contribution in [0.3, 0.4) is 0 Å². The van der Waals surface area contributed by atoms with Crippen molar-refractivity contribution in [1.29, 1.82) is 0 Å². The lowest BCUT2D eigenvalue weighted by Crippen LogP contribution is -2.21. The highest BCUT2D eigenvalue weighted by molar-refractivity contribution is 5.36. The molecular formula is C18H18N8. The molecule has 1 unspecified atom stereocenters. The van der Waals surface area contributed by atoms with Crippen LogP contribution in [0.5, 0.6) is 0 Å². The van der Waals surface area contributed by atoms with Crippen molar-refractivity contribution >= 4 is 0 Å². The van der Waals surface area contributed by atoms with E-state index < -0.39 is 0 Å². The zero-order valence-corrected chi connectivity index (χ0v) is 14.3. The van der Waals surface area contributed by atoms with Crippen LogP contribution in [0.25, 0.3) is 11.4 Å². The molecule has 1 atom stereocenters. The molecule has 0 aliphatic heterocycles. The van der Waals surface area contributed by atoms with E-state index in [1.165, 1.54) is 6.33 Å². The average molecular weight is 346 g/mol. The molecule has 2 aromatic heterocycles. The Hall–Kier alpha value is -3.39. The van der Waals surface area contributed by atoms with Gasteiger partial charge in [0.25, 0.3) is 0 Å². The fraction of sp³-hybridized carbons (Fsp3) is 0.167. The lowest BCUT2D eigenvalue weighted by Gasteiger charge is -2.15. The van der Waals surface area contributed by atoms with Crippen LogP contribution >= 0.6 is 0 Å². The van der Waals surface area contributed by atoms with Gasteiger partial charge in [0, 0.05) is 6.04 Å². The highest BCUT2D eigenvalue weighted by Crippen LogP contribution is 2.17. The van der Waals surface area contributed by atoms with Crippen LogP contribution in [-0.4, -0.2) is 35.0 Å². The van der Waals surface area contributed by atoms with Gasteiger partial charge in [0.1, 0.15) is 12.7 Å². The summed E-state index contributed by atoms with van der Waals surface area (Å²) in [5.74, 6) is 0.760. The normalized spacial score (nSPS) is 12.2. The van der Waals surface area contributed by atoms with Crippen molar-refractivity contribution in [2.24, 2.45) is 0 Å². The zero-order chi connectivity index (χ0) is 17.8. The van der Waals surface area contributed by atoms with Crippen molar-refractivity contribution in [1.82, 2.24) is 40.3 Å². The van der Waals surface area contributed by atoms with Gasteiger partial charge in [-0.15, -0.1) is 5.10 Å². The molecule has 4 aromatic rings. The van der Waals surface area contributed by atoms with Crippen LogP contribution in [0.15, 0.2) is 67.3 Å². The highest BCUT2D eigenvalue weighted by Gasteiger charge is 2.11. The number of hydrogen-bond donors (Lipinski definition) is 1. The smallest absolute Gasteiger partial charge is 0.170 e. The van der Waals surface area contributed by atoms with Crippen molar-refractivity contribution in [3.05, 3.63) is 78.6 Å². The summed E-state index contributed by atoms with van der Waals surface area (Å²) < 4.78 is 3.48. The van der Waals surface area contributed by atoms with E-state index in [1.54, 1.807) is 15.7 Å². The Morgan fingerprint density at radius 2 is 1.88 bits per heavy atom. The van der Waals surface area contributed by atoms with Gasteiger partial charge in [-0.05, 0) is 47.2 Å². The Kier molecular flexibility index (Phi) is 4.48. The quantitative estimate of drug-likeness (QED) is 0.575. The summed E-state index contributed by atoms with van der Waals surface area (Å²) in [5.41, 5.74) is 3.06. The van der Waals surface area contributed by atoms with Gasteiger partial charge in [-0.25, -0.2) is 9.67 Å². The number of para-hydroxylation sites is 1. The molecule has 4 rings (SSSR count). The minimum Gasteiger partial charge on any atom is -0.303 e. The summed E-state index contributed by atoms with van der Waals surface area (Å²) >= 11 is 0. The van der Waals surface area contributed by atoms with E-state index in [9.17, 15) is 0 Å². The van der Waals surface area contributed by atoms with Crippen LogP contribution in [0, 0.1) is 0 Å². The summed E-state index contributed by atoms with van der Waals surface area (Å²) in [5, 5.41) is 19.7. The Morgan fingerprint density at radius 1 is 1.04 bits per heavy atom. The first-order valence-corrected chi connectivity index (χ1v) is 8.32. The summed E-state index contributed by atoms with van der Waals surface area (Å²) in [7, 11) is 0. The minimum atomic E-state index is 0.124. The van der Waals surface area contributed by atoms with Crippen LogP contribution < -0.4 is 5.32 Å². The molecule has 8 heteroatoms. The minimum absolute atomic E-state index is 0.124. The zero-order valence-electron chi connectivity index (χ0n) is 14.3. The van der Waals surface area contributed by atoms with E-state index in [0.717, 1.165) is 22.8 Å². The van der Waals surface area contributed by atoms with Gasteiger partial charge < -0.3 is 5.32 Å². The van der Waals surface area contributed by atoms with Crippen molar-refractivity contribution in [2.45, 2.75) is 19.5 Å². The molecule has 8 nitrogen and oxygen atoms in total. The second-order valence-corrected chi connectivity index (χ2v) is 5.88. The molecule has 1 N–H and O–H groups in total. The van der Waals surface area contributed by atoms with Crippen LogP contribution in [0.1, 0.15) is 24.4 Å². The predicted molar refractivity (Wildman–Crippen MR) is 95.8 cm³/mol. The second kappa shape index (κ2) is 7.24. The Morgan fingerprint density at radius 3 is 2.69 bits per heavy atom. The van der Waals surface area contributed by atoms with E-state index in [2.05, 4.69) is 50.0 Å². The maximum atomic E-state index is 4.17. The SMILES string of the molecule is CC(NCc1nnnn1-c1ccccc1)c1cccc(-n2cncn2)c1. The fourth-order valence-electron chi connectivity index (χ4n) is 2.73. The first-order valence-electron chi connectivity index (χ1n) is 8.32. The third-order valence-electron chi connectivity index (χ3n) is 4.15. The number of benzene rings is 2. The standard InChI is InChI=1S/C18H18N8/c1-14(15-6-5-9-17(10-15)25-13-19-12-21-25)20-11-18-22-23-24-26(18)16-7-3-2-4-8-16/h2-10,12-14,20H,11H2,1H3. The van der Waals surface area contributed by atoms with Gasteiger partial charge in [-0.2, -0.15) is 9.78 Å². The molecule has 2 aromatic carbocycles. The molecule has 0 saturated heterocycles. The number of nitrogens with one attached hydrogen (secondary N) is 1. The molecule has 0 bridgehead atoms. The first-order chi connectivity index (χ1) is 12.8. The van der Waals surface area contributed by atoms with E-state index in [-0.39, 0.29) is 6.04 Å². The third kappa shape index (κ3) is 3.35. The number of aromatic nitrogens is 7. The van der Waals surface area contributed by atoms with Gasteiger partial charge >= 0.3 is 0 Å². The largest absolute Gasteiger partial charge is 0.303 e. The van der Waals surface area contributed by atoms with Gasteiger partial charge in [0.2, 0.25) is 0 Å². The summed E-state index contributed by atoms with van der Waals surface area (Å²) in [6.45, 7) is 2.66. The van der Waals surface area contributed by atoms with Crippen molar-refractivity contribution in [3.8, 4) is 11.4 Å². The summed E-state index contributed by atoms with van der Waals surface area (Å²) in [4.78, 5) is 3.99. The number of tetrazole rings is 1. The van der Waals surface area contributed by atoms with E-state index in [1.807, 2.05) is 42.5 Å². The highest BCUT2D eigenvalue weighted by atomic mass is 15.5. The lowest BCUT2D eigenvalue weighted by atomic mass is 10.1. The van der Waals surface area contributed by atoms with Gasteiger partial charge in [-0.3, -0.25) is 0 Å². The maximum Gasteiger partial charge on any atom is 0.170 e. The van der Waals surface area contributed by atoms with Crippen molar-refractivity contribution in [3.63, 3.8) is 0 Å². The topological polar surface area (TPSA) is 86.3 Å². The van der Waals surface area contributed by atoms with Gasteiger partial charge in [0.05, 0.1) is 17.9 Å². The maximum absolute atomic E-state index is 4.17. The molecule has 0 aliphatic carbocycles. The number of rotatable bonds is 6. The second-order valence-electron chi connectivity index (χ2n) is 5.88. The molecule has 0 amide bonds. The third-order valence-corrected chi connectivity index (χ3v) is 4.15. The molecule has 0 spiro atoms. The molecular weight excluding hydrogens is 328 g/mol. The molecule has 0 radical (unpaired) electrons. The van der Waals surface area contributed by atoms with Crippen LogP contribution in [0.2, 0.25) is 0 Å². The van der Waals surface area contributed by atoms with Crippen LogP contribution in [0.4, 0.5) is 0 Å². The van der Waals surface area contributed by atoms with E-state index in [0.29, 0.717) is 6.54 Å². The van der Waals surface area contributed by atoms with E-state index >= 15 is 0 Å². The van der Waals surface area contributed by atoms with Crippen molar-refractivity contribution < 1.29 is 0 Å². The molecule has 0 fully saturated rings. The Labute approximate surface area is 150 Å². The molecule has 130 valence electrons. The van der Waals surface area contributed by atoms with Gasteiger partial charge in [-0.1, -0.05) is 30.3 Å². The monoisotopic (exact) mass is 346 g/mol. The predicted octanol–water partition coefficient (Wildman–Crippen LogP) is 2.09. The van der Waals surface area contributed by atoms with E-state index in [4.69, 9.17) is 0 Å². The molecule has 0 aliphatic rings. The molecule has 0 saturated carbocycles. The number of hydrogen-bond acceptors (Lipinski definition) is 6. The lowest BCUT2D eigenvalue weighted by molar-refractivity contribution is 0.550. The number of nitrogens with zero attached hydrogens (tertiary/aromatic N) is 7. The Balaban J connectivity index is 1.48. The summed E-state index contributed by atoms with van der Waals surface area (Å²) in [6, 6.07) is 18.2. The van der Waals surface area contributed by atoms with Crippen LogP contribution in [-0.2, 0) is 6.54 Å². The molecule has 26 heavy (non-hydrogen) atoms. The van der Waals surface area contributed by atoms with Crippen molar-refractivity contribution in [2.75, 3.05) is 0 Å². The summed E-state index contributed by atoms with van der Waals surface area (Å²) in [6.07, 6.45) is 3.21.